The van der Waals surface area contributed by atoms with E-state index in [4.69, 9.17) is 17.5 Å². The molecule has 0 saturated heterocycles. The maximum atomic E-state index is 13.0. The van der Waals surface area contributed by atoms with Gasteiger partial charge in [0.15, 0.2) is 0 Å². The van der Waals surface area contributed by atoms with Crippen LogP contribution in [0.1, 0.15) is 11.1 Å². The Hall–Kier alpha value is -2.44. The van der Waals surface area contributed by atoms with Crippen molar-refractivity contribution >= 4 is 23.7 Å². The first-order valence-corrected chi connectivity index (χ1v) is 7.98. The largest absolute Gasteiger partial charge is 0.480 e. The van der Waals surface area contributed by atoms with E-state index >= 15 is 0 Å². The van der Waals surface area contributed by atoms with Crippen molar-refractivity contribution in [1.82, 2.24) is 4.42 Å². The molecular weight excluding hydrogens is 347 g/mol. The number of hydrogen-bond donors (Lipinski definition) is 2. The zero-order valence-corrected chi connectivity index (χ0v) is 14.1. The van der Waals surface area contributed by atoms with Crippen LogP contribution in [0.2, 0.25) is 0 Å². The number of rotatable bonds is 7. The Morgan fingerprint density at radius 1 is 1.04 bits per heavy atom. The van der Waals surface area contributed by atoms with E-state index in [2.05, 4.69) is 0 Å². The molecule has 0 bridgehead atoms. The van der Waals surface area contributed by atoms with Gasteiger partial charge in [-0.2, -0.15) is 0 Å². The molecule has 2 aromatic rings. The summed E-state index contributed by atoms with van der Waals surface area (Å²) in [7, 11) is 0. The summed E-state index contributed by atoms with van der Waals surface area (Å²) in [6.07, 6.45) is 0.189. The average molecular weight is 365 g/mol. The number of halogens is 2. The Morgan fingerprint density at radius 3 is 2.16 bits per heavy atom. The van der Waals surface area contributed by atoms with Gasteiger partial charge in [0.1, 0.15) is 11.9 Å². The number of nitrogens with two attached hydrogens (primary N) is 1. The molecule has 5 nitrogen and oxygen atoms in total. The highest BCUT2D eigenvalue weighted by Crippen LogP contribution is 2.15. The highest BCUT2D eigenvalue weighted by molar-refractivity contribution is 6.23. The van der Waals surface area contributed by atoms with Crippen LogP contribution in [0, 0.1) is 5.82 Å². The average Bonchev–Trinajstić information content (AvgIpc) is 2.60. The lowest BCUT2D eigenvalue weighted by Crippen LogP contribution is -2.48. The van der Waals surface area contributed by atoms with Crippen LogP contribution in [0.15, 0.2) is 54.6 Å². The fourth-order valence-electron chi connectivity index (χ4n) is 2.38. The van der Waals surface area contributed by atoms with Crippen molar-refractivity contribution in [1.29, 1.82) is 0 Å². The van der Waals surface area contributed by atoms with Crippen LogP contribution in [0.3, 0.4) is 0 Å². The quantitative estimate of drug-likeness (QED) is 0.739. The van der Waals surface area contributed by atoms with Gasteiger partial charge in [-0.15, -0.1) is 0 Å². The standard InChI is InChI=1S/C18H18ClFN2O3/c19-22(17(23)15(21)10-12-4-2-1-3-5-12)16(18(24)25)11-13-6-8-14(20)9-7-13/h1-9,15-16H,10-11,21H2,(H,24,25)/t15-,16-/m0/s1. The van der Waals surface area contributed by atoms with E-state index in [-0.39, 0.29) is 12.8 Å². The van der Waals surface area contributed by atoms with Gasteiger partial charge in [-0.3, -0.25) is 4.79 Å². The molecular formula is C18H18ClFN2O3. The lowest BCUT2D eigenvalue weighted by atomic mass is 10.0. The SMILES string of the molecule is N[C@@H](Cc1ccccc1)C(=O)N(Cl)[C@@H](Cc1ccc(F)cc1)C(=O)O. The molecule has 25 heavy (non-hydrogen) atoms. The minimum Gasteiger partial charge on any atom is -0.480 e. The third-order valence-corrected chi connectivity index (χ3v) is 4.13. The molecule has 0 aliphatic heterocycles. The minimum atomic E-state index is -1.30. The van der Waals surface area contributed by atoms with Crippen LogP contribution in [0.5, 0.6) is 0 Å². The summed E-state index contributed by atoms with van der Waals surface area (Å²) < 4.78 is 13.6. The van der Waals surface area contributed by atoms with Crippen molar-refractivity contribution in [3.05, 3.63) is 71.5 Å². The maximum Gasteiger partial charge on any atom is 0.328 e. The minimum absolute atomic E-state index is 0.0527. The van der Waals surface area contributed by atoms with Crippen LogP contribution in [0.4, 0.5) is 4.39 Å². The second kappa shape index (κ2) is 8.60. The number of carbonyl (C=O) groups is 2. The van der Waals surface area contributed by atoms with Gasteiger partial charge in [0.2, 0.25) is 0 Å². The molecule has 2 aromatic carbocycles. The number of carboxylic acid groups (broad SMARTS) is 1. The molecule has 2 rings (SSSR count). The van der Waals surface area contributed by atoms with E-state index < -0.39 is 29.8 Å². The van der Waals surface area contributed by atoms with Crippen LogP contribution >= 0.6 is 11.8 Å². The fourth-order valence-corrected chi connectivity index (χ4v) is 2.65. The summed E-state index contributed by atoms with van der Waals surface area (Å²) in [4.78, 5) is 23.9. The lowest BCUT2D eigenvalue weighted by Gasteiger charge is -2.24. The number of benzene rings is 2. The van der Waals surface area contributed by atoms with Crippen molar-refractivity contribution in [3.63, 3.8) is 0 Å². The summed E-state index contributed by atoms with van der Waals surface area (Å²) in [6, 6.07) is 12.2. The van der Waals surface area contributed by atoms with Gasteiger partial charge in [0, 0.05) is 18.2 Å². The second-order valence-corrected chi connectivity index (χ2v) is 5.99. The molecule has 0 aliphatic carbocycles. The van der Waals surface area contributed by atoms with E-state index in [1.54, 1.807) is 0 Å². The summed E-state index contributed by atoms with van der Waals surface area (Å²) in [5.41, 5.74) is 7.27. The van der Waals surface area contributed by atoms with Crippen molar-refractivity contribution in [2.75, 3.05) is 0 Å². The lowest BCUT2D eigenvalue weighted by molar-refractivity contribution is -0.146. The van der Waals surface area contributed by atoms with Gasteiger partial charge in [-0.25, -0.2) is 13.6 Å². The molecule has 0 heterocycles. The predicted molar refractivity (Wildman–Crippen MR) is 92.3 cm³/mol. The van der Waals surface area contributed by atoms with Gasteiger partial charge >= 0.3 is 5.97 Å². The first-order chi connectivity index (χ1) is 11.9. The molecule has 0 unspecified atom stereocenters. The number of hydrogen-bond acceptors (Lipinski definition) is 3. The highest BCUT2D eigenvalue weighted by Gasteiger charge is 2.32. The number of nitrogens with zero attached hydrogens (tertiary/aromatic N) is 1. The molecule has 0 aliphatic rings. The molecule has 0 aromatic heterocycles. The molecule has 0 radical (unpaired) electrons. The number of amides is 1. The third kappa shape index (κ3) is 5.27. The van der Waals surface area contributed by atoms with E-state index in [0.717, 1.165) is 5.56 Å². The van der Waals surface area contributed by atoms with Crippen LogP contribution in [0.25, 0.3) is 0 Å². The smallest absolute Gasteiger partial charge is 0.328 e. The monoisotopic (exact) mass is 364 g/mol. The molecule has 0 fully saturated rings. The second-order valence-electron chi connectivity index (χ2n) is 5.63. The Balaban J connectivity index is 2.07. The molecule has 132 valence electrons. The molecule has 0 spiro atoms. The van der Waals surface area contributed by atoms with E-state index in [1.165, 1.54) is 24.3 Å². The molecule has 1 amide bonds. The Kier molecular flexibility index (Phi) is 6.50. The summed E-state index contributed by atoms with van der Waals surface area (Å²) in [5.74, 6) is -2.38. The fraction of sp³-hybridized carbons (Fsp3) is 0.222. The topological polar surface area (TPSA) is 83.6 Å². The third-order valence-electron chi connectivity index (χ3n) is 3.73. The Bertz CT molecular complexity index is 725. The summed E-state index contributed by atoms with van der Waals surface area (Å²) >= 11 is 5.98. The summed E-state index contributed by atoms with van der Waals surface area (Å²) in [5, 5.41) is 9.39. The molecule has 0 saturated carbocycles. The van der Waals surface area contributed by atoms with E-state index in [0.29, 0.717) is 9.98 Å². The Morgan fingerprint density at radius 2 is 1.60 bits per heavy atom. The molecule has 2 atom stereocenters. The van der Waals surface area contributed by atoms with Crippen molar-refractivity contribution in [2.24, 2.45) is 5.73 Å². The number of carbonyl (C=O) groups excluding carboxylic acids is 1. The molecule has 7 heteroatoms. The van der Waals surface area contributed by atoms with Crippen molar-refractivity contribution in [3.8, 4) is 0 Å². The van der Waals surface area contributed by atoms with Gasteiger partial charge in [0.05, 0.1) is 6.04 Å². The zero-order valence-electron chi connectivity index (χ0n) is 13.3. The van der Waals surface area contributed by atoms with Crippen molar-refractivity contribution in [2.45, 2.75) is 24.9 Å². The first kappa shape index (κ1) is 18.9. The van der Waals surface area contributed by atoms with Crippen LogP contribution < -0.4 is 5.73 Å². The predicted octanol–water partition coefficient (Wildman–Crippen LogP) is 2.37. The number of aliphatic carboxylic acids is 1. The van der Waals surface area contributed by atoms with Gasteiger partial charge in [0.25, 0.3) is 5.91 Å². The highest BCUT2D eigenvalue weighted by atomic mass is 35.5. The number of carboxylic acids is 1. The normalized spacial score (nSPS) is 13.1. The maximum absolute atomic E-state index is 13.0. The Labute approximate surface area is 149 Å². The van der Waals surface area contributed by atoms with Crippen molar-refractivity contribution < 1.29 is 19.1 Å². The summed E-state index contributed by atoms with van der Waals surface area (Å²) in [6.45, 7) is 0. The van der Waals surface area contributed by atoms with Gasteiger partial charge in [-0.05, 0) is 29.7 Å². The van der Waals surface area contributed by atoms with Crippen LogP contribution in [-0.4, -0.2) is 33.5 Å². The van der Waals surface area contributed by atoms with E-state index in [1.807, 2.05) is 30.3 Å². The van der Waals surface area contributed by atoms with Gasteiger partial charge in [-0.1, -0.05) is 42.5 Å². The van der Waals surface area contributed by atoms with E-state index in [9.17, 15) is 19.1 Å². The first-order valence-electron chi connectivity index (χ1n) is 7.64. The van der Waals surface area contributed by atoms with Gasteiger partial charge < -0.3 is 10.8 Å². The van der Waals surface area contributed by atoms with Crippen LogP contribution in [-0.2, 0) is 22.4 Å². The zero-order chi connectivity index (χ0) is 18.4. The molecule has 3 N–H and O–H groups in total.